The standard InChI is InChI=1S/C11H10ClFN4O2S/c12-9-5-7(13)1-2-10(9)17-20(18,19)8-3-4-15-11(6-8)16-14/h1-6,17H,14H2,(H,15,16). The number of hydrazine groups is 1. The maximum Gasteiger partial charge on any atom is 0.262 e. The molecule has 2 aromatic rings. The van der Waals surface area contributed by atoms with Gasteiger partial charge in [-0.2, -0.15) is 0 Å². The molecule has 1 heterocycles. The lowest BCUT2D eigenvalue weighted by Crippen LogP contribution is -2.15. The number of nitrogens with zero attached hydrogens (tertiary/aromatic N) is 1. The number of rotatable bonds is 4. The first-order valence-corrected chi connectivity index (χ1v) is 7.19. The first kappa shape index (κ1) is 14.5. The molecule has 20 heavy (non-hydrogen) atoms. The Kier molecular flexibility index (Phi) is 4.07. The lowest BCUT2D eigenvalue weighted by molar-refractivity contribution is 0.601. The molecule has 0 amide bonds. The molecule has 1 aromatic heterocycles. The van der Waals surface area contributed by atoms with Crippen LogP contribution in [0.4, 0.5) is 15.9 Å². The summed E-state index contributed by atoms with van der Waals surface area (Å²) in [6.45, 7) is 0. The highest BCUT2D eigenvalue weighted by molar-refractivity contribution is 7.92. The summed E-state index contributed by atoms with van der Waals surface area (Å²) in [6, 6.07) is 5.89. The van der Waals surface area contributed by atoms with E-state index < -0.39 is 15.8 Å². The Hall–Kier alpha value is -1.90. The smallest absolute Gasteiger partial charge is 0.262 e. The fourth-order valence-corrected chi connectivity index (χ4v) is 2.80. The molecule has 0 saturated carbocycles. The summed E-state index contributed by atoms with van der Waals surface area (Å²) in [4.78, 5) is 3.75. The predicted molar refractivity (Wildman–Crippen MR) is 74.3 cm³/mol. The van der Waals surface area contributed by atoms with Crippen LogP contribution in [0.5, 0.6) is 0 Å². The highest BCUT2D eigenvalue weighted by Gasteiger charge is 2.16. The number of nitrogen functional groups attached to an aromatic ring is 1. The van der Waals surface area contributed by atoms with Crippen molar-refractivity contribution in [2.75, 3.05) is 10.1 Å². The van der Waals surface area contributed by atoms with E-state index in [0.29, 0.717) is 0 Å². The minimum absolute atomic E-state index is 0.0418. The van der Waals surface area contributed by atoms with Crippen LogP contribution in [0, 0.1) is 5.82 Å². The van der Waals surface area contributed by atoms with Crippen molar-refractivity contribution in [3.05, 3.63) is 47.4 Å². The summed E-state index contributed by atoms with van der Waals surface area (Å²) < 4.78 is 39.5. The van der Waals surface area contributed by atoms with Gasteiger partial charge in [0.05, 0.1) is 15.6 Å². The van der Waals surface area contributed by atoms with Crippen LogP contribution in [-0.4, -0.2) is 13.4 Å². The van der Waals surface area contributed by atoms with Crippen molar-refractivity contribution < 1.29 is 12.8 Å². The molecule has 0 atom stereocenters. The average Bonchev–Trinajstić information content (AvgIpc) is 2.42. The first-order valence-electron chi connectivity index (χ1n) is 5.33. The summed E-state index contributed by atoms with van der Waals surface area (Å²) in [5.74, 6) is 4.80. The average molecular weight is 317 g/mol. The monoisotopic (exact) mass is 316 g/mol. The van der Waals surface area contributed by atoms with Gasteiger partial charge >= 0.3 is 0 Å². The zero-order valence-electron chi connectivity index (χ0n) is 9.97. The summed E-state index contributed by atoms with van der Waals surface area (Å²) in [7, 11) is -3.87. The number of pyridine rings is 1. The van der Waals surface area contributed by atoms with Crippen molar-refractivity contribution in [3.63, 3.8) is 0 Å². The van der Waals surface area contributed by atoms with Crippen molar-refractivity contribution in [2.24, 2.45) is 5.84 Å². The largest absolute Gasteiger partial charge is 0.308 e. The second-order valence-corrected chi connectivity index (χ2v) is 5.84. The minimum atomic E-state index is -3.87. The summed E-state index contributed by atoms with van der Waals surface area (Å²) >= 11 is 5.77. The molecule has 6 nitrogen and oxygen atoms in total. The van der Waals surface area contributed by atoms with Gasteiger partial charge in [0.1, 0.15) is 11.6 Å². The summed E-state index contributed by atoms with van der Waals surface area (Å²) in [5, 5.41) is -0.0418. The van der Waals surface area contributed by atoms with Gasteiger partial charge in [-0.1, -0.05) is 11.6 Å². The fourth-order valence-electron chi connectivity index (χ4n) is 1.43. The maximum absolute atomic E-state index is 12.9. The Morgan fingerprint density at radius 2 is 2.00 bits per heavy atom. The second kappa shape index (κ2) is 5.61. The number of hydrogen-bond donors (Lipinski definition) is 3. The predicted octanol–water partition coefficient (Wildman–Crippen LogP) is 1.96. The zero-order chi connectivity index (χ0) is 14.8. The molecule has 0 fully saturated rings. The molecule has 9 heteroatoms. The van der Waals surface area contributed by atoms with E-state index in [0.717, 1.165) is 12.1 Å². The van der Waals surface area contributed by atoms with E-state index >= 15 is 0 Å². The van der Waals surface area contributed by atoms with Crippen molar-refractivity contribution >= 4 is 33.1 Å². The van der Waals surface area contributed by atoms with E-state index in [4.69, 9.17) is 17.4 Å². The lowest BCUT2D eigenvalue weighted by atomic mass is 10.3. The summed E-state index contributed by atoms with van der Waals surface area (Å²) in [5.41, 5.74) is 2.32. The van der Waals surface area contributed by atoms with Crippen LogP contribution in [0.1, 0.15) is 0 Å². The fraction of sp³-hybridized carbons (Fsp3) is 0. The molecule has 0 saturated heterocycles. The third kappa shape index (κ3) is 3.16. The van der Waals surface area contributed by atoms with Crippen LogP contribution in [0.3, 0.4) is 0 Å². The lowest BCUT2D eigenvalue weighted by Gasteiger charge is -2.10. The molecular formula is C11H10ClFN4O2S. The van der Waals surface area contributed by atoms with Crippen LogP contribution in [-0.2, 0) is 10.0 Å². The number of nitrogens with one attached hydrogen (secondary N) is 2. The Labute approximate surface area is 119 Å². The van der Waals surface area contributed by atoms with Gasteiger partial charge in [-0.25, -0.2) is 23.6 Å². The van der Waals surface area contributed by atoms with E-state index in [1.807, 2.05) is 0 Å². The molecular weight excluding hydrogens is 307 g/mol. The van der Waals surface area contributed by atoms with E-state index in [2.05, 4.69) is 15.1 Å². The molecule has 0 bridgehead atoms. The van der Waals surface area contributed by atoms with Crippen molar-refractivity contribution in [1.82, 2.24) is 4.98 Å². The number of aromatic nitrogens is 1. The Morgan fingerprint density at radius 3 is 2.65 bits per heavy atom. The van der Waals surface area contributed by atoms with E-state index in [-0.39, 0.29) is 21.4 Å². The van der Waals surface area contributed by atoms with Gasteiger partial charge in [0, 0.05) is 12.3 Å². The number of hydrogen-bond acceptors (Lipinski definition) is 5. The van der Waals surface area contributed by atoms with E-state index in [1.54, 1.807) is 0 Å². The Morgan fingerprint density at radius 1 is 1.25 bits per heavy atom. The number of benzene rings is 1. The number of sulfonamides is 1. The molecule has 0 radical (unpaired) electrons. The quantitative estimate of drug-likeness (QED) is 0.592. The minimum Gasteiger partial charge on any atom is -0.308 e. The van der Waals surface area contributed by atoms with Crippen LogP contribution in [0.15, 0.2) is 41.4 Å². The number of anilines is 2. The SMILES string of the molecule is NNc1cc(S(=O)(=O)Nc2ccc(F)cc2Cl)ccn1. The molecule has 0 unspecified atom stereocenters. The van der Waals surface area contributed by atoms with Gasteiger partial charge in [0.15, 0.2) is 0 Å². The topological polar surface area (TPSA) is 97.1 Å². The van der Waals surface area contributed by atoms with Crippen LogP contribution in [0.25, 0.3) is 0 Å². The Balaban J connectivity index is 2.35. The van der Waals surface area contributed by atoms with Crippen molar-refractivity contribution in [2.45, 2.75) is 4.90 Å². The van der Waals surface area contributed by atoms with Gasteiger partial charge < -0.3 is 5.43 Å². The number of nitrogens with two attached hydrogens (primary N) is 1. The van der Waals surface area contributed by atoms with Crippen LogP contribution < -0.4 is 16.0 Å². The highest BCUT2D eigenvalue weighted by Crippen LogP contribution is 2.25. The molecule has 0 aliphatic rings. The van der Waals surface area contributed by atoms with Gasteiger partial charge in [0.25, 0.3) is 10.0 Å². The van der Waals surface area contributed by atoms with Gasteiger partial charge in [-0.05, 0) is 24.3 Å². The van der Waals surface area contributed by atoms with Gasteiger partial charge in [-0.3, -0.25) is 4.72 Å². The third-order valence-electron chi connectivity index (χ3n) is 2.37. The molecule has 4 N–H and O–H groups in total. The van der Waals surface area contributed by atoms with E-state index in [1.165, 1.54) is 24.4 Å². The molecule has 0 spiro atoms. The zero-order valence-corrected chi connectivity index (χ0v) is 11.5. The van der Waals surface area contributed by atoms with Crippen LogP contribution in [0.2, 0.25) is 5.02 Å². The second-order valence-electron chi connectivity index (χ2n) is 3.75. The maximum atomic E-state index is 12.9. The molecule has 2 rings (SSSR count). The molecule has 0 aliphatic carbocycles. The molecule has 1 aromatic carbocycles. The van der Waals surface area contributed by atoms with Crippen molar-refractivity contribution in [3.8, 4) is 0 Å². The third-order valence-corrected chi connectivity index (χ3v) is 4.04. The van der Waals surface area contributed by atoms with Gasteiger partial charge in [-0.15, -0.1) is 0 Å². The van der Waals surface area contributed by atoms with Crippen LogP contribution >= 0.6 is 11.6 Å². The van der Waals surface area contributed by atoms with Crippen molar-refractivity contribution in [1.29, 1.82) is 0 Å². The highest BCUT2D eigenvalue weighted by atomic mass is 35.5. The molecule has 106 valence electrons. The Bertz CT molecular complexity index is 739. The number of halogens is 2. The van der Waals surface area contributed by atoms with E-state index in [9.17, 15) is 12.8 Å². The molecule has 0 aliphatic heterocycles. The van der Waals surface area contributed by atoms with Gasteiger partial charge in [0.2, 0.25) is 0 Å². The summed E-state index contributed by atoms with van der Waals surface area (Å²) in [6.07, 6.45) is 1.29. The first-order chi connectivity index (χ1) is 9.42. The normalized spacial score (nSPS) is 11.2.